The zero-order valence-corrected chi connectivity index (χ0v) is 10.8. The Balaban J connectivity index is 2.39. The Morgan fingerprint density at radius 3 is 2.74 bits per heavy atom. The van der Waals surface area contributed by atoms with E-state index in [1.807, 2.05) is 0 Å². The molecular weight excluding hydrogens is 270 g/mol. The van der Waals surface area contributed by atoms with Crippen molar-refractivity contribution in [3.63, 3.8) is 0 Å². The van der Waals surface area contributed by atoms with Crippen LogP contribution in [0.15, 0.2) is 41.7 Å². The van der Waals surface area contributed by atoms with Crippen molar-refractivity contribution in [1.82, 2.24) is 9.97 Å². The number of pyridine rings is 1. The number of H-pyrrole nitrogens is 1. The number of hydrogen-bond acceptors (Lipinski definition) is 4. The number of anilines is 1. The summed E-state index contributed by atoms with van der Waals surface area (Å²) >= 11 is 0. The third kappa shape index (κ3) is 2.43. The van der Waals surface area contributed by atoms with Crippen LogP contribution in [0.1, 0.15) is 10.5 Å². The topological polar surface area (TPSA) is 103 Å². The summed E-state index contributed by atoms with van der Waals surface area (Å²) < 4.78 is 25.5. The van der Waals surface area contributed by atoms with Crippen LogP contribution in [0.5, 0.6) is 0 Å². The van der Waals surface area contributed by atoms with Gasteiger partial charge in [0.05, 0.1) is 11.9 Å². The Morgan fingerprint density at radius 2 is 2.21 bits per heavy atom. The third-order valence-electron chi connectivity index (χ3n) is 2.55. The number of sulfonamides is 1. The minimum absolute atomic E-state index is 0.115. The van der Waals surface area contributed by atoms with Gasteiger partial charge in [0.15, 0.2) is 0 Å². The highest BCUT2D eigenvalue weighted by Gasteiger charge is 2.23. The maximum atomic E-state index is 12.3. The predicted octanol–water partition coefficient (Wildman–Crippen LogP) is 0.933. The number of carboxylic acids is 1. The molecule has 0 saturated carbocycles. The molecule has 0 saturated heterocycles. The van der Waals surface area contributed by atoms with Crippen LogP contribution in [0.4, 0.5) is 5.69 Å². The van der Waals surface area contributed by atoms with Gasteiger partial charge < -0.3 is 10.1 Å². The van der Waals surface area contributed by atoms with Crippen molar-refractivity contribution in [3.8, 4) is 0 Å². The fraction of sp³-hybridized carbons (Fsp3) is 0.0909. The van der Waals surface area contributed by atoms with E-state index in [9.17, 15) is 13.2 Å². The van der Waals surface area contributed by atoms with Gasteiger partial charge in [-0.15, -0.1) is 0 Å². The van der Waals surface area contributed by atoms with Crippen LogP contribution >= 0.6 is 0 Å². The molecule has 0 unspecified atom stereocenters. The van der Waals surface area contributed by atoms with E-state index in [1.165, 1.54) is 19.4 Å². The zero-order chi connectivity index (χ0) is 14.0. The second kappa shape index (κ2) is 4.73. The van der Waals surface area contributed by atoms with Crippen LogP contribution < -0.4 is 4.31 Å². The molecule has 100 valence electrons. The first-order valence-corrected chi connectivity index (χ1v) is 6.67. The standard InChI is InChI=1S/C11H11N3O4S/c1-14(8-3-2-4-12-6-8)19(17,18)9-5-10(11(15)16)13-7-9/h2-7,13H,1H3,(H,15,16). The van der Waals surface area contributed by atoms with E-state index in [0.717, 1.165) is 16.6 Å². The average Bonchev–Trinajstić information content (AvgIpc) is 2.89. The molecule has 0 spiro atoms. The molecule has 2 aromatic rings. The summed E-state index contributed by atoms with van der Waals surface area (Å²) in [4.78, 5) is 16.9. The molecule has 0 aromatic carbocycles. The van der Waals surface area contributed by atoms with Gasteiger partial charge in [0.1, 0.15) is 10.6 Å². The van der Waals surface area contributed by atoms with E-state index < -0.39 is 16.0 Å². The van der Waals surface area contributed by atoms with Gasteiger partial charge in [0.25, 0.3) is 10.0 Å². The van der Waals surface area contributed by atoms with Crippen LogP contribution in [-0.4, -0.2) is 36.5 Å². The molecule has 2 rings (SSSR count). The summed E-state index contributed by atoms with van der Waals surface area (Å²) in [6, 6.07) is 4.28. The van der Waals surface area contributed by atoms with Crippen LogP contribution in [0.25, 0.3) is 0 Å². The van der Waals surface area contributed by atoms with Crippen molar-refractivity contribution in [3.05, 3.63) is 42.5 Å². The molecule has 0 aliphatic heterocycles. The number of aromatic nitrogens is 2. The lowest BCUT2D eigenvalue weighted by molar-refractivity contribution is 0.0691. The summed E-state index contributed by atoms with van der Waals surface area (Å²) in [5.74, 6) is -1.22. The van der Waals surface area contributed by atoms with E-state index in [2.05, 4.69) is 9.97 Å². The molecule has 2 aromatic heterocycles. The summed E-state index contributed by atoms with van der Waals surface area (Å²) in [6.07, 6.45) is 4.08. The van der Waals surface area contributed by atoms with Gasteiger partial charge in [0, 0.05) is 19.4 Å². The molecule has 0 aliphatic carbocycles. The smallest absolute Gasteiger partial charge is 0.352 e. The average molecular weight is 281 g/mol. The highest BCUT2D eigenvalue weighted by molar-refractivity contribution is 7.92. The minimum atomic E-state index is -3.81. The number of rotatable bonds is 4. The van der Waals surface area contributed by atoms with Crippen LogP contribution in [0, 0.1) is 0 Å². The number of carboxylic acid groups (broad SMARTS) is 1. The molecule has 0 fully saturated rings. The van der Waals surface area contributed by atoms with Gasteiger partial charge in [-0.1, -0.05) is 0 Å². The molecular formula is C11H11N3O4S. The Labute approximate surface area is 109 Å². The molecule has 8 heteroatoms. The second-order valence-corrected chi connectivity index (χ2v) is 5.71. The predicted molar refractivity (Wildman–Crippen MR) is 67.6 cm³/mol. The molecule has 0 amide bonds. The van der Waals surface area contributed by atoms with E-state index in [4.69, 9.17) is 5.11 Å². The van der Waals surface area contributed by atoms with Crippen molar-refractivity contribution in [2.24, 2.45) is 0 Å². The van der Waals surface area contributed by atoms with Crippen molar-refractivity contribution >= 4 is 21.7 Å². The minimum Gasteiger partial charge on any atom is -0.477 e. The van der Waals surface area contributed by atoms with Crippen LogP contribution in [-0.2, 0) is 10.0 Å². The molecule has 0 bridgehead atoms. The number of aromatic amines is 1. The van der Waals surface area contributed by atoms with Gasteiger partial charge in [0.2, 0.25) is 0 Å². The van der Waals surface area contributed by atoms with E-state index in [1.54, 1.807) is 12.1 Å². The Hall–Kier alpha value is -2.35. The SMILES string of the molecule is CN(c1cccnc1)S(=O)(=O)c1c[nH]c(C(=O)O)c1. The van der Waals surface area contributed by atoms with E-state index in [0.29, 0.717) is 5.69 Å². The monoisotopic (exact) mass is 281 g/mol. The molecule has 19 heavy (non-hydrogen) atoms. The maximum absolute atomic E-state index is 12.3. The highest BCUT2D eigenvalue weighted by Crippen LogP contribution is 2.21. The molecule has 0 atom stereocenters. The highest BCUT2D eigenvalue weighted by atomic mass is 32.2. The summed E-state index contributed by atoms with van der Waals surface area (Å²) in [5, 5.41) is 8.77. The van der Waals surface area contributed by atoms with Gasteiger partial charge in [-0.2, -0.15) is 0 Å². The van der Waals surface area contributed by atoms with Gasteiger partial charge >= 0.3 is 5.97 Å². The normalized spacial score (nSPS) is 11.2. The zero-order valence-electron chi connectivity index (χ0n) is 9.94. The molecule has 2 heterocycles. The molecule has 7 nitrogen and oxygen atoms in total. The Morgan fingerprint density at radius 1 is 1.47 bits per heavy atom. The lowest BCUT2D eigenvalue weighted by atomic mass is 10.4. The Bertz CT molecular complexity index is 694. The number of carbonyl (C=O) groups is 1. The van der Waals surface area contributed by atoms with Crippen LogP contribution in [0.3, 0.4) is 0 Å². The summed E-state index contributed by atoms with van der Waals surface area (Å²) in [6.45, 7) is 0. The van der Waals surface area contributed by atoms with Gasteiger partial charge in [-0.3, -0.25) is 9.29 Å². The fourth-order valence-corrected chi connectivity index (χ4v) is 2.66. The molecule has 0 radical (unpaired) electrons. The van der Waals surface area contributed by atoms with Crippen molar-refractivity contribution in [2.75, 3.05) is 11.4 Å². The lowest BCUT2D eigenvalue weighted by Gasteiger charge is -2.17. The van der Waals surface area contributed by atoms with Gasteiger partial charge in [-0.05, 0) is 18.2 Å². The second-order valence-electron chi connectivity index (χ2n) is 3.74. The number of nitrogens with one attached hydrogen (secondary N) is 1. The number of nitrogens with zero attached hydrogens (tertiary/aromatic N) is 2. The number of hydrogen-bond donors (Lipinski definition) is 2. The van der Waals surface area contributed by atoms with Crippen molar-refractivity contribution in [2.45, 2.75) is 4.90 Å². The van der Waals surface area contributed by atoms with Gasteiger partial charge in [-0.25, -0.2) is 13.2 Å². The Kier molecular flexibility index (Phi) is 3.26. The summed E-state index contributed by atoms with van der Waals surface area (Å²) in [5.41, 5.74) is 0.207. The first-order chi connectivity index (χ1) is 8.93. The van der Waals surface area contributed by atoms with Crippen molar-refractivity contribution < 1.29 is 18.3 Å². The number of aromatic carboxylic acids is 1. The first kappa shape index (κ1) is 13.1. The fourth-order valence-electron chi connectivity index (χ4n) is 1.48. The van der Waals surface area contributed by atoms with E-state index in [-0.39, 0.29) is 10.6 Å². The van der Waals surface area contributed by atoms with E-state index >= 15 is 0 Å². The third-order valence-corrected chi connectivity index (χ3v) is 4.32. The molecule has 2 N–H and O–H groups in total. The first-order valence-electron chi connectivity index (χ1n) is 5.23. The van der Waals surface area contributed by atoms with Crippen LogP contribution in [0.2, 0.25) is 0 Å². The lowest BCUT2D eigenvalue weighted by Crippen LogP contribution is -2.26. The summed E-state index contributed by atoms with van der Waals surface area (Å²) in [7, 11) is -2.43. The van der Waals surface area contributed by atoms with Crippen molar-refractivity contribution in [1.29, 1.82) is 0 Å². The largest absolute Gasteiger partial charge is 0.477 e. The molecule has 0 aliphatic rings. The maximum Gasteiger partial charge on any atom is 0.352 e. The quantitative estimate of drug-likeness (QED) is 0.867.